The number of nitrogens with zero attached hydrogens (tertiary/aromatic N) is 3. The van der Waals surface area contributed by atoms with Gasteiger partial charge in [-0.05, 0) is 95.8 Å². The van der Waals surface area contributed by atoms with Crippen molar-refractivity contribution in [2.75, 3.05) is 52.5 Å². The zero-order chi connectivity index (χ0) is 50.3. The van der Waals surface area contributed by atoms with E-state index in [2.05, 4.69) is 4.90 Å². The molecule has 4 atom stereocenters. The Morgan fingerprint density at radius 2 is 0.915 bits per heavy atom. The van der Waals surface area contributed by atoms with Crippen LogP contribution in [0.3, 0.4) is 0 Å². The van der Waals surface area contributed by atoms with Crippen molar-refractivity contribution in [3.8, 4) is 22.3 Å². The van der Waals surface area contributed by atoms with Crippen LogP contribution in [0, 0.1) is 34.9 Å². The highest BCUT2D eigenvalue weighted by Gasteiger charge is 2.45. The molecule has 3 aliphatic heterocycles. The second-order valence-electron chi connectivity index (χ2n) is 18.1. The molecule has 15 heteroatoms. The molecule has 3 heterocycles. The van der Waals surface area contributed by atoms with E-state index in [9.17, 15) is 41.0 Å². The predicted octanol–water partition coefficient (Wildman–Crippen LogP) is 12.2. The van der Waals surface area contributed by atoms with Gasteiger partial charge in [0.25, 0.3) is 0 Å². The van der Waals surface area contributed by atoms with E-state index in [-0.39, 0.29) is 36.7 Å². The average Bonchev–Trinajstić information content (AvgIpc) is 3.37. The third kappa shape index (κ3) is 11.6. The van der Waals surface area contributed by atoms with Crippen LogP contribution in [0.2, 0.25) is 0 Å². The number of carbonyl (C=O) groups excluding carboxylic acids is 2. The van der Waals surface area contributed by atoms with Crippen LogP contribution in [0.15, 0.2) is 133 Å². The first kappa shape index (κ1) is 50.7. The van der Waals surface area contributed by atoms with Crippen LogP contribution >= 0.6 is 0 Å². The van der Waals surface area contributed by atoms with E-state index in [1.807, 2.05) is 26.0 Å². The molecule has 0 spiro atoms. The number of hydrogen-bond donors (Lipinski definition) is 1. The van der Waals surface area contributed by atoms with Crippen LogP contribution in [-0.2, 0) is 25.4 Å². The molecule has 0 saturated carbocycles. The quantitative estimate of drug-likeness (QED) is 0.115. The topological polar surface area (TPSA) is 91.8 Å². The molecule has 1 N–H and O–H groups in total. The van der Waals surface area contributed by atoms with Gasteiger partial charge in [0, 0.05) is 88.3 Å². The van der Waals surface area contributed by atoms with E-state index < -0.39 is 46.7 Å². The molecular formula is C56H55F6N3O6. The molecule has 0 aromatic heterocycles. The summed E-state index contributed by atoms with van der Waals surface area (Å²) < 4.78 is 99.3. The fourth-order valence-corrected chi connectivity index (χ4v) is 9.63. The minimum Gasteiger partial charge on any atom is -0.438 e. The predicted molar refractivity (Wildman–Crippen MR) is 256 cm³/mol. The minimum absolute atomic E-state index is 0.179. The van der Waals surface area contributed by atoms with Crippen molar-refractivity contribution in [1.82, 2.24) is 14.7 Å². The Bertz CT molecular complexity index is 2780. The first-order valence-electron chi connectivity index (χ1n) is 23.7. The summed E-state index contributed by atoms with van der Waals surface area (Å²) >= 11 is 0. The van der Waals surface area contributed by atoms with Gasteiger partial charge in [-0.3, -0.25) is 4.90 Å². The lowest BCUT2D eigenvalue weighted by atomic mass is 9.85. The number of rotatable bonds is 13. The standard InChI is InChI=1S/C30H31F3N2O3.C26H24F3NO3/c1-21(22-2-4-23(5-3-22)27-11-10-26(32)20-28(27)33)35-15-13-30(38-29(35)36,24-6-8-25(31)9-7-24)12-14-34-16-18-37-19-17-34;1-17(18-2-4-19(5-3-18)23-11-10-22(28)16-24(23)29)30-14-12-26(13-15-31,33-25(30)32)20-6-8-21(27)9-7-20/h2-11,20-21H,12-19H2,1H3;2-11,16-17,31H,12-15H2,1H3/t21-,30+;17-,26-/m00/s1. The molecule has 3 saturated heterocycles. The lowest BCUT2D eigenvalue weighted by Crippen LogP contribution is -2.50. The highest BCUT2D eigenvalue weighted by molar-refractivity contribution is 5.72. The molecule has 0 aliphatic carbocycles. The fourth-order valence-electron chi connectivity index (χ4n) is 9.63. The van der Waals surface area contributed by atoms with Gasteiger partial charge in [0.05, 0.1) is 25.3 Å². The molecule has 2 amide bonds. The number of cyclic esters (lactones) is 2. The summed E-state index contributed by atoms with van der Waals surface area (Å²) in [6, 6.07) is 32.6. The number of ether oxygens (including phenoxy) is 3. The van der Waals surface area contributed by atoms with Crippen LogP contribution in [0.1, 0.15) is 73.9 Å². The summed E-state index contributed by atoms with van der Waals surface area (Å²) in [7, 11) is 0. The maximum absolute atomic E-state index is 14.2. The second kappa shape index (κ2) is 22.2. The van der Waals surface area contributed by atoms with Gasteiger partial charge in [0.2, 0.25) is 0 Å². The SMILES string of the molecule is C[C@@H](c1ccc(-c2ccc(F)cc2F)cc1)N1CC[C@](CCN2CCOCC2)(c2ccc(F)cc2)OC1=O.C[C@@H](c1ccc(-c2ccc(F)cc2F)cc1)N1CC[C@](CCO)(c2ccc(F)cc2)OC1=O. The Morgan fingerprint density at radius 1 is 0.521 bits per heavy atom. The van der Waals surface area contributed by atoms with Gasteiger partial charge in [-0.1, -0.05) is 72.8 Å². The number of aliphatic hydroxyl groups is 1. The Kier molecular flexibility index (Phi) is 15.8. The number of carbonyl (C=O) groups is 2. The monoisotopic (exact) mass is 979 g/mol. The molecule has 71 heavy (non-hydrogen) atoms. The van der Waals surface area contributed by atoms with Gasteiger partial charge in [-0.2, -0.15) is 0 Å². The summed E-state index contributed by atoms with van der Waals surface area (Å²) in [5, 5.41) is 9.57. The molecule has 0 unspecified atom stereocenters. The third-order valence-electron chi connectivity index (χ3n) is 13.9. The number of halogens is 6. The summed E-state index contributed by atoms with van der Waals surface area (Å²) in [6.07, 6.45) is 0.866. The molecule has 9 rings (SSSR count). The molecule has 9 nitrogen and oxygen atoms in total. The highest BCUT2D eigenvalue weighted by Crippen LogP contribution is 2.42. The molecule has 372 valence electrons. The van der Waals surface area contributed by atoms with Crippen LogP contribution < -0.4 is 0 Å². The van der Waals surface area contributed by atoms with Gasteiger partial charge < -0.3 is 29.1 Å². The summed E-state index contributed by atoms with van der Waals surface area (Å²) in [5.41, 5.74) is 3.10. The van der Waals surface area contributed by atoms with E-state index in [1.54, 1.807) is 70.5 Å². The fraction of sp³-hybridized carbons (Fsp3) is 0.321. The largest absolute Gasteiger partial charge is 0.438 e. The zero-order valence-electron chi connectivity index (χ0n) is 39.4. The number of benzene rings is 6. The maximum Gasteiger partial charge on any atom is 0.411 e. The first-order chi connectivity index (χ1) is 34.2. The Labute approximate surface area is 409 Å². The number of hydrogen-bond acceptors (Lipinski definition) is 7. The Balaban J connectivity index is 0.000000192. The smallest absolute Gasteiger partial charge is 0.411 e. The molecule has 6 aromatic rings. The van der Waals surface area contributed by atoms with Crippen LogP contribution in [-0.4, -0.2) is 84.5 Å². The van der Waals surface area contributed by atoms with Crippen molar-refractivity contribution in [3.05, 3.63) is 191 Å². The van der Waals surface area contributed by atoms with E-state index in [0.29, 0.717) is 73.4 Å². The normalized spacial score (nSPS) is 20.4. The summed E-state index contributed by atoms with van der Waals surface area (Å²) in [4.78, 5) is 31.9. The van der Waals surface area contributed by atoms with E-state index >= 15 is 0 Å². The van der Waals surface area contributed by atoms with Crippen LogP contribution in [0.25, 0.3) is 22.3 Å². The zero-order valence-corrected chi connectivity index (χ0v) is 39.4. The van der Waals surface area contributed by atoms with E-state index in [4.69, 9.17) is 14.2 Å². The lowest BCUT2D eigenvalue weighted by Gasteiger charge is -2.44. The average molecular weight is 980 g/mol. The minimum atomic E-state index is -1.01. The number of morpholine rings is 1. The van der Waals surface area contributed by atoms with Gasteiger partial charge in [-0.15, -0.1) is 0 Å². The molecular weight excluding hydrogens is 925 g/mol. The van der Waals surface area contributed by atoms with Gasteiger partial charge >= 0.3 is 12.2 Å². The molecule has 3 aliphatic rings. The summed E-state index contributed by atoms with van der Waals surface area (Å²) in [6.45, 7) is 8.22. The Hall–Kier alpha value is -6.68. The third-order valence-corrected chi connectivity index (χ3v) is 13.9. The molecule has 0 radical (unpaired) electrons. The second-order valence-corrected chi connectivity index (χ2v) is 18.1. The van der Waals surface area contributed by atoms with Crippen molar-refractivity contribution in [2.24, 2.45) is 0 Å². The van der Waals surface area contributed by atoms with Crippen molar-refractivity contribution < 1.29 is 55.2 Å². The van der Waals surface area contributed by atoms with Crippen molar-refractivity contribution >= 4 is 12.2 Å². The van der Waals surface area contributed by atoms with E-state index in [0.717, 1.165) is 48.5 Å². The lowest BCUT2D eigenvalue weighted by molar-refractivity contribution is -0.0729. The maximum atomic E-state index is 14.2. The van der Waals surface area contributed by atoms with Gasteiger partial charge in [0.15, 0.2) is 0 Å². The van der Waals surface area contributed by atoms with Crippen LogP contribution in [0.4, 0.5) is 35.9 Å². The first-order valence-corrected chi connectivity index (χ1v) is 23.7. The van der Waals surface area contributed by atoms with Crippen molar-refractivity contribution in [2.45, 2.75) is 62.8 Å². The van der Waals surface area contributed by atoms with Gasteiger partial charge in [0.1, 0.15) is 46.1 Å². The molecule has 6 aromatic carbocycles. The summed E-state index contributed by atoms with van der Waals surface area (Å²) in [5.74, 6) is -3.25. The highest BCUT2D eigenvalue weighted by atomic mass is 19.2. The number of aliphatic hydroxyl groups excluding tert-OH is 1. The molecule has 3 fully saturated rings. The van der Waals surface area contributed by atoms with Crippen molar-refractivity contribution in [1.29, 1.82) is 0 Å². The van der Waals surface area contributed by atoms with Crippen molar-refractivity contribution in [3.63, 3.8) is 0 Å². The molecule has 0 bridgehead atoms. The number of amides is 2. The van der Waals surface area contributed by atoms with Crippen LogP contribution in [0.5, 0.6) is 0 Å². The Morgan fingerprint density at radius 3 is 1.30 bits per heavy atom. The van der Waals surface area contributed by atoms with E-state index in [1.165, 1.54) is 48.5 Å². The van der Waals surface area contributed by atoms with Gasteiger partial charge in [-0.25, -0.2) is 35.9 Å².